The van der Waals surface area contributed by atoms with Gasteiger partial charge in [-0.15, -0.1) is 0 Å². The van der Waals surface area contributed by atoms with Crippen LogP contribution in [0.1, 0.15) is 43.2 Å². The molecule has 1 aromatic rings. The average Bonchev–Trinajstić information content (AvgIpc) is 2.15. The Bertz CT molecular complexity index is 353. The molecule has 3 heteroatoms. The summed E-state index contributed by atoms with van der Waals surface area (Å²) in [6.45, 7) is 6.64. The molecule has 0 radical (unpaired) electrons. The maximum Gasteiger partial charge on any atom is 0.272 e. The summed E-state index contributed by atoms with van der Waals surface area (Å²) in [7, 11) is 0. The average molecular weight is 213 g/mol. The van der Waals surface area contributed by atoms with Gasteiger partial charge in [0.15, 0.2) is 0 Å². The van der Waals surface area contributed by atoms with Crippen LogP contribution in [-0.4, -0.2) is 4.98 Å². The Hall–Kier alpha value is -0.990. The summed E-state index contributed by atoms with van der Waals surface area (Å²) in [5.41, 5.74) is 2.65. The predicted molar refractivity (Wildman–Crippen MR) is 57.3 cm³/mol. The van der Waals surface area contributed by atoms with Crippen molar-refractivity contribution in [2.45, 2.75) is 46.5 Å². The monoisotopic (exact) mass is 213 g/mol. The highest BCUT2D eigenvalue weighted by atomic mass is 19.3. The van der Waals surface area contributed by atoms with Crippen LogP contribution in [0.15, 0.2) is 6.20 Å². The number of alkyl halides is 2. The van der Waals surface area contributed by atoms with Gasteiger partial charge < -0.3 is 0 Å². The van der Waals surface area contributed by atoms with Gasteiger partial charge in [0, 0.05) is 24.4 Å². The van der Waals surface area contributed by atoms with Crippen molar-refractivity contribution in [2.24, 2.45) is 0 Å². The van der Waals surface area contributed by atoms with Gasteiger partial charge >= 0.3 is 0 Å². The third kappa shape index (κ3) is 2.33. The van der Waals surface area contributed by atoms with Crippen LogP contribution in [0.25, 0.3) is 0 Å². The lowest BCUT2D eigenvalue weighted by atomic mass is 9.96. The molecule has 0 aliphatic carbocycles. The second-order valence-corrected chi connectivity index (χ2v) is 3.82. The van der Waals surface area contributed by atoms with Crippen molar-refractivity contribution in [2.75, 3.05) is 0 Å². The number of pyridine rings is 1. The van der Waals surface area contributed by atoms with Crippen molar-refractivity contribution in [3.05, 3.63) is 28.6 Å². The first-order valence-corrected chi connectivity index (χ1v) is 5.27. The zero-order chi connectivity index (χ0) is 11.6. The van der Waals surface area contributed by atoms with Crippen LogP contribution in [0, 0.1) is 6.92 Å². The van der Waals surface area contributed by atoms with E-state index >= 15 is 0 Å². The summed E-state index contributed by atoms with van der Waals surface area (Å²) in [4.78, 5) is 4.12. The Labute approximate surface area is 89.5 Å². The van der Waals surface area contributed by atoms with Crippen molar-refractivity contribution < 1.29 is 8.78 Å². The molecular formula is C12H17F2N. The molecule has 0 bridgehead atoms. The summed E-state index contributed by atoms with van der Waals surface area (Å²) < 4.78 is 26.5. The van der Waals surface area contributed by atoms with E-state index < -0.39 is 5.92 Å². The Balaban J connectivity index is 3.36. The van der Waals surface area contributed by atoms with Crippen molar-refractivity contribution in [1.29, 1.82) is 0 Å². The largest absolute Gasteiger partial charge is 0.272 e. The standard InChI is InChI=1S/C12H17F2N/c1-5-9-8(3)10(12(4,13)14)7-15-11(9)6-2/h7H,5-6H2,1-4H3. The fourth-order valence-electron chi connectivity index (χ4n) is 1.91. The molecule has 0 N–H and O–H groups in total. The van der Waals surface area contributed by atoms with Gasteiger partial charge in [0.25, 0.3) is 5.92 Å². The van der Waals surface area contributed by atoms with E-state index in [1.165, 1.54) is 6.20 Å². The quantitative estimate of drug-likeness (QED) is 0.747. The van der Waals surface area contributed by atoms with Gasteiger partial charge in [0.1, 0.15) is 0 Å². The van der Waals surface area contributed by atoms with Gasteiger partial charge in [0.2, 0.25) is 0 Å². The summed E-state index contributed by atoms with van der Waals surface area (Å²) in [5, 5.41) is 0. The minimum absolute atomic E-state index is 0.0524. The Morgan fingerprint density at radius 3 is 2.27 bits per heavy atom. The summed E-state index contributed by atoms with van der Waals surface area (Å²) in [5.74, 6) is -2.80. The number of hydrogen-bond acceptors (Lipinski definition) is 1. The fraction of sp³-hybridized carbons (Fsp3) is 0.583. The van der Waals surface area contributed by atoms with Crippen LogP contribution in [0.4, 0.5) is 8.78 Å². The van der Waals surface area contributed by atoms with Crippen LogP contribution < -0.4 is 0 Å². The number of aryl methyl sites for hydroxylation is 1. The smallest absolute Gasteiger partial charge is 0.261 e. The van der Waals surface area contributed by atoms with Crippen molar-refractivity contribution in [3.8, 4) is 0 Å². The summed E-state index contributed by atoms with van der Waals surface area (Å²) >= 11 is 0. The molecule has 0 spiro atoms. The maximum absolute atomic E-state index is 13.2. The predicted octanol–water partition coefficient (Wildman–Crippen LogP) is 3.63. The summed E-state index contributed by atoms with van der Waals surface area (Å²) in [6.07, 6.45) is 2.86. The zero-order valence-corrected chi connectivity index (χ0v) is 9.69. The first kappa shape index (κ1) is 12.1. The lowest BCUT2D eigenvalue weighted by Crippen LogP contribution is -2.13. The van der Waals surface area contributed by atoms with E-state index in [2.05, 4.69) is 4.98 Å². The number of aromatic nitrogens is 1. The first-order chi connectivity index (χ1) is 6.91. The first-order valence-electron chi connectivity index (χ1n) is 5.27. The Morgan fingerprint density at radius 2 is 1.87 bits per heavy atom. The van der Waals surface area contributed by atoms with E-state index in [-0.39, 0.29) is 5.56 Å². The second kappa shape index (κ2) is 4.25. The van der Waals surface area contributed by atoms with Gasteiger partial charge in [0.05, 0.1) is 0 Å². The van der Waals surface area contributed by atoms with Crippen molar-refractivity contribution in [1.82, 2.24) is 4.98 Å². The highest BCUT2D eigenvalue weighted by Crippen LogP contribution is 2.31. The molecule has 15 heavy (non-hydrogen) atoms. The molecule has 1 rings (SSSR count). The van der Waals surface area contributed by atoms with E-state index in [4.69, 9.17) is 0 Å². The topological polar surface area (TPSA) is 12.9 Å². The number of nitrogens with zero attached hydrogens (tertiary/aromatic N) is 1. The SMILES string of the molecule is CCc1ncc(C(C)(F)F)c(C)c1CC. The molecule has 0 atom stereocenters. The molecule has 0 amide bonds. The van der Waals surface area contributed by atoms with Gasteiger partial charge in [-0.1, -0.05) is 13.8 Å². The lowest BCUT2D eigenvalue weighted by molar-refractivity contribution is 0.0163. The molecule has 1 heterocycles. The zero-order valence-electron chi connectivity index (χ0n) is 9.69. The normalized spacial score (nSPS) is 11.9. The van der Waals surface area contributed by atoms with E-state index in [0.717, 1.165) is 31.0 Å². The molecule has 0 saturated carbocycles. The third-order valence-corrected chi connectivity index (χ3v) is 2.72. The summed E-state index contributed by atoms with van der Waals surface area (Å²) in [6, 6.07) is 0. The molecule has 0 aromatic carbocycles. The third-order valence-electron chi connectivity index (χ3n) is 2.72. The molecule has 84 valence electrons. The molecule has 1 aromatic heterocycles. The van der Waals surface area contributed by atoms with E-state index in [1.54, 1.807) is 6.92 Å². The second-order valence-electron chi connectivity index (χ2n) is 3.82. The van der Waals surface area contributed by atoms with Gasteiger partial charge in [-0.2, -0.15) is 0 Å². The van der Waals surface area contributed by atoms with Gasteiger partial charge in [-0.05, 0) is 30.9 Å². The molecule has 0 saturated heterocycles. The molecule has 0 unspecified atom stereocenters. The van der Waals surface area contributed by atoms with Crippen LogP contribution in [-0.2, 0) is 18.8 Å². The van der Waals surface area contributed by atoms with Gasteiger partial charge in [-0.25, -0.2) is 8.78 Å². The fourth-order valence-corrected chi connectivity index (χ4v) is 1.91. The Kier molecular flexibility index (Phi) is 3.42. The van der Waals surface area contributed by atoms with Crippen LogP contribution in [0.5, 0.6) is 0 Å². The van der Waals surface area contributed by atoms with E-state index in [0.29, 0.717) is 5.56 Å². The highest BCUT2D eigenvalue weighted by molar-refractivity contribution is 5.37. The van der Waals surface area contributed by atoms with E-state index in [1.807, 2.05) is 13.8 Å². The van der Waals surface area contributed by atoms with Gasteiger partial charge in [-0.3, -0.25) is 4.98 Å². The molecular weight excluding hydrogens is 196 g/mol. The molecule has 0 fully saturated rings. The van der Waals surface area contributed by atoms with Crippen LogP contribution in [0.2, 0.25) is 0 Å². The van der Waals surface area contributed by atoms with Crippen molar-refractivity contribution >= 4 is 0 Å². The Morgan fingerprint density at radius 1 is 1.27 bits per heavy atom. The number of hydrogen-bond donors (Lipinski definition) is 0. The van der Waals surface area contributed by atoms with E-state index in [9.17, 15) is 8.78 Å². The minimum atomic E-state index is -2.80. The lowest BCUT2D eigenvalue weighted by Gasteiger charge is -2.17. The molecule has 1 nitrogen and oxygen atoms in total. The minimum Gasteiger partial charge on any atom is -0.261 e. The number of rotatable bonds is 3. The number of halogens is 2. The highest BCUT2D eigenvalue weighted by Gasteiger charge is 2.28. The maximum atomic E-state index is 13.2. The van der Waals surface area contributed by atoms with Crippen molar-refractivity contribution in [3.63, 3.8) is 0 Å². The van der Waals surface area contributed by atoms with Crippen LogP contribution in [0.3, 0.4) is 0 Å². The van der Waals surface area contributed by atoms with Crippen LogP contribution >= 0.6 is 0 Å². The molecule has 0 aliphatic heterocycles. The molecule has 0 aliphatic rings.